The molecule has 0 bridgehead atoms. The first-order valence-corrected chi connectivity index (χ1v) is 6.96. The highest BCUT2D eigenvalue weighted by molar-refractivity contribution is 8.93. The van der Waals surface area contributed by atoms with E-state index < -0.39 is 0 Å². The summed E-state index contributed by atoms with van der Waals surface area (Å²) < 4.78 is 5.16. The summed E-state index contributed by atoms with van der Waals surface area (Å²) in [6.07, 6.45) is 2.92. The standard InChI is InChI=1S/C17H19NO2.BrH/c1-20-15-8-5-13(6-9-15)18-14-7-10-16-12(11-14)3-2-4-17(16)19;/h2-6,8-9,14,18-19H,7,10-11H2,1H3;1H. The van der Waals surface area contributed by atoms with Crippen LogP contribution in [-0.2, 0) is 12.8 Å². The molecule has 4 heteroatoms. The summed E-state index contributed by atoms with van der Waals surface area (Å²) >= 11 is 0. The van der Waals surface area contributed by atoms with E-state index in [4.69, 9.17) is 4.74 Å². The molecule has 1 aliphatic carbocycles. The van der Waals surface area contributed by atoms with Crippen LogP contribution in [0.5, 0.6) is 11.5 Å². The lowest BCUT2D eigenvalue weighted by Crippen LogP contribution is -2.27. The topological polar surface area (TPSA) is 41.5 Å². The Balaban J connectivity index is 0.00000161. The maximum absolute atomic E-state index is 9.86. The van der Waals surface area contributed by atoms with E-state index in [1.165, 1.54) is 5.56 Å². The molecule has 0 amide bonds. The molecule has 0 saturated carbocycles. The van der Waals surface area contributed by atoms with Crippen LogP contribution in [0.15, 0.2) is 42.5 Å². The fourth-order valence-electron chi connectivity index (χ4n) is 2.83. The zero-order chi connectivity index (χ0) is 13.9. The number of nitrogens with one attached hydrogen (secondary N) is 1. The number of hydrogen-bond donors (Lipinski definition) is 2. The fraction of sp³-hybridized carbons (Fsp3) is 0.294. The number of benzene rings is 2. The molecular weight excluding hydrogens is 330 g/mol. The van der Waals surface area contributed by atoms with Crippen molar-refractivity contribution in [1.82, 2.24) is 0 Å². The van der Waals surface area contributed by atoms with E-state index in [1.807, 2.05) is 30.3 Å². The van der Waals surface area contributed by atoms with Crippen LogP contribution in [0.25, 0.3) is 0 Å². The quantitative estimate of drug-likeness (QED) is 0.881. The van der Waals surface area contributed by atoms with Gasteiger partial charge >= 0.3 is 0 Å². The summed E-state index contributed by atoms with van der Waals surface area (Å²) in [4.78, 5) is 0. The van der Waals surface area contributed by atoms with E-state index in [2.05, 4.69) is 11.4 Å². The van der Waals surface area contributed by atoms with Crippen molar-refractivity contribution in [3.63, 3.8) is 0 Å². The van der Waals surface area contributed by atoms with Crippen molar-refractivity contribution in [3.8, 4) is 11.5 Å². The van der Waals surface area contributed by atoms with Gasteiger partial charge in [-0.2, -0.15) is 0 Å². The number of halogens is 1. The smallest absolute Gasteiger partial charge is 0.119 e. The molecule has 0 spiro atoms. The molecular formula is C17H20BrNO2. The third-order valence-electron chi connectivity index (χ3n) is 3.92. The largest absolute Gasteiger partial charge is 0.508 e. The van der Waals surface area contributed by atoms with Gasteiger partial charge in [-0.05, 0) is 60.7 Å². The first-order valence-electron chi connectivity index (χ1n) is 6.96. The summed E-state index contributed by atoms with van der Waals surface area (Å²) in [5, 5.41) is 13.4. The summed E-state index contributed by atoms with van der Waals surface area (Å²) in [5.74, 6) is 1.31. The maximum Gasteiger partial charge on any atom is 0.119 e. The lowest BCUT2D eigenvalue weighted by molar-refractivity contribution is 0.415. The zero-order valence-electron chi connectivity index (χ0n) is 12.0. The number of methoxy groups -OCH3 is 1. The van der Waals surface area contributed by atoms with E-state index >= 15 is 0 Å². The zero-order valence-corrected chi connectivity index (χ0v) is 13.7. The Morgan fingerprint density at radius 2 is 1.90 bits per heavy atom. The Morgan fingerprint density at radius 1 is 1.14 bits per heavy atom. The van der Waals surface area contributed by atoms with Gasteiger partial charge in [0.2, 0.25) is 0 Å². The van der Waals surface area contributed by atoms with Gasteiger partial charge in [0.1, 0.15) is 11.5 Å². The number of hydrogen-bond acceptors (Lipinski definition) is 3. The predicted octanol–water partition coefficient (Wildman–Crippen LogP) is 3.95. The Labute approximate surface area is 135 Å². The molecule has 1 aliphatic rings. The number of anilines is 1. The molecule has 3 nitrogen and oxygen atoms in total. The van der Waals surface area contributed by atoms with Gasteiger partial charge in [0.25, 0.3) is 0 Å². The van der Waals surface area contributed by atoms with Crippen molar-refractivity contribution in [2.45, 2.75) is 25.3 Å². The second-order valence-electron chi connectivity index (χ2n) is 5.23. The Kier molecular flexibility index (Phi) is 5.12. The minimum atomic E-state index is 0. The molecule has 2 N–H and O–H groups in total. The summed E-state index contributed by atoms with van der Waals surface area (Å²) in [7, 11) is 1.67. The average Bonchev–Trinajstić information content (AvgIpc) is 2.48. The van der Waals surface area contributed by atoms with E-state index in [9.17, 15) is 5.11 Å². The van der Waals surface area contributed by atoms with Gasteiger partial charge in [0, 0.05) is 11.7 Å². The maximum atomic E-state index is 9.86. The second-order valence-corrected chi connectivity index (χ2v) is 5.23. The predicted molar refractivity (Wildman–Crippen MR) is 90.9 cm³/mol. The number of fused-ring (bicyclic) bond motifs is 1. The van der Waals surface area contributed by atoms with Crippen LogP contribution in [0.1, 0.15) is 17.5 Å². The van der Waals surface area contributed by atoms with E-state index in [0.717, 1.165) is 36.3 Å². The Hall–Kier alpha value is -1.68. The average molecular weight is 350 g/mol. The molecule has 3 rings (SSSR count). The van der Waals surface area contributed by atoms with Gasteiger partial charge in [-0.1, -0.05) is 12.1 Å². The minimum Gasteiger partial charge on any atom is -0.508 e. The minimum absolute atomic E-state index is 0. The summed E-state index contributed by atoms with van der Waals surface area (Å²) in [5.41, 5.74) is 3.47. The van der Waals surface area contributed by atoms with Crippen molar-refractivity contribution in [3.05, 3.63) is 53.6 Å². The van der Waals surface area contributed by atoms with Crippen LogP contribution in [0.4, 0.5) is 5.69 Å². The molecule has 1 unspecified atom stereocenters. The van der Waals surface area contributed by atoms with Crippen molar-refractivity contribution in [2.24, 2.45) is 0 Å². The number of ether oxygens (including phenoxy) is 1. The van der Waals surface area contributed by atoms with Gasteiger partial charge in [-0.15, -0.1) is 17.0 Å². The van der Waals surface area contributed by atoms with Crippen LogP contribution in [0, 0.1) is 0 Å². The van der Waals surface area contributed by atoms with E-state index in [0.29, 0.717) is 11.8 Å². The molecule has 1 atom stereocenters. The lowest BCUT2D eigenvalue weighted by atomic mass is 9.87. The van der Waals surface area contributed by atoms with Crippen LogP contribution in [0.2, 0.25) is 0 Å². The fourth-order valence-corrected chi connectivity index (χ4v) is 2.83. The molecule has 2 aromatic carbocycles. The first-order chi connectivity index (χ1) is 9.76. The molecule has 0 aliphatic heterocycles. The van der Waals surface area contributed by atoms with Crippen molar-refractivity contribution in [1.29, 1.82) is 0 Å². The van der Waals surface area contributed by atoms with Crippen LogP contribution in [-0.4, -0.2) is 18.3 Å². The molecule has 0 radical (unpaired) electrons. The van der Waals surface area contributed by atoms with Crippen molar-refractivity contribution >= 4 is 22.7 Å². The molecule has 0 heterocycles. The SMILES string of the molecule is Br.COc1ccc(NC2CCc3c(O)cccc3C2)cc1. The monoisotopic (exact) mass is 349 g/mol. The normalized spacial score (nSPS) is 16.5. The number of aromatic hydroxyl groups is 1. The molecule has 112 valence electrons. The van der Waals surface area contributed by atoms with Crippen molar-refractivity contribution < 1.29 is 9.84 Å². The van der Waals surface area contributed by atoms with Gasteiger partial charge < -0.3 is 15.2 Å². The van der Waals surface area contributed by atoms with Crippen LogP contribution < -0.4 is 10.1 Å². The van der Waals surface area contributed by atoms with E-state index in [-0.39, 0.29) is 17.0 Å². The number of phenols is 1. The highest BCUT2D eigenvalue weighted by Crippen LogP contribution is 2.30. The summed E-state index contributed by atoms with van der Waals surface area (Å²) in [6, 6.07) is 14.2. The number of rotatable bonds is 3. The second kappa shape index (κ2) is 6.85. The molecule has 0 aromatic heterocycles. The third kappa shape index (κ3) is 3.50. The summed E-state index contributed by atoms with van der Waals surface area (Å²) in [6.45, 7) is 0. The van der Waals surface area contributed by atoms with Crippen molar-refractivity contribution in [2.75, 3.05) is 12.4 Å². The van der Waals surface area contributed by atoms with Crippen LogP contribution in [0.3, 0.4) is 0 Å². The van der Waals surface area contributed by atoms with Gasteiger partial charge in [-0.3, -0.25) is 0 Å². The van der Waals surface area contributed by atoms with Gasteiger partial charge in [0.05, 0.1) is 7.11 Å². The Morgan fingerprint density at radius 3 is 2.62 bits per heavy atom. The van der Waals surface area contributed by atoms with Gasteiger partial charge in [0.15, 0.2) is 0 Å². The highest BCUT2D eigenvalue weighted by atomic mass is 79.9. The number of phenolic OH excluding ortho intramolecular Hbond substituents is 1. The lowest BCUT2D eigenvalue weighted by Gasteiger charge is -2.26. The van der Waals surface area contributed by atoms with Gasteiger partial charge in [-0.25, -0.2) is 0 Å². The molecule has 0 saturated heterocycles. The first kappa shape index (κ1) is 15.7. The van der Waals surface area contributed by atoms with E-state index in [1.54, 1.807) is 13.2 Å². The highest BCUT2D eigenvalue weighted by Gasteiger charge is 2.20. The van der Waals surface area contributed by atoms with Crippen LogP contribution >= 0.6 is 17.0 Å². The third-order valence-corrected chi connectivity index (χ3v) is 3.92. The molecule has 0 fully saturated rings. The molecule has 21 heavy (non-hydrogen) atoms. The Bertz CT molecular complexity index is 598. The molecule has 2 aromatic rings.